The van der Waals surface area contributed by atoms with Crippen molar-refractivity contribution in [2.24, 2.45) is 0 Å². The number of hydrogen-bond acceptors (Lipinski definition) is 7. The van der Waals surface area contributed by atoms with Gasteiger partial charge in [0.25, 0.3) is 5.91 Å². The zero-order chi connectivity index (χ0) is 19.5. The van der Waals surface area contributed by atoms with E-state index in [4.69, 9.17) is 9.15 Å². The summed E-state index contributed by atoms with van der Waals surface area (Å²) in [6.45, 7) is 9.78. The Balaban J connectivity index is 1.34. The van der Waals surface area contributed by atoms with Gasteiger partial charge in [-0.2, -0.15) is 0 Å². The number of aromatic nitrogens is 2. The van der Waals surface area contributed by atoms with E-state index < -0.39 is 0 Å². The molecule has 1 saturated heterocycles. The van der Waals surface area contributed by atoms with Gasteiger partial charge < -0.3 is 14.1 Å². The second-order valence-corrected chi connectivity index (χ2v) is 7.89. The minimum atomic E-state index is -0.104. The van der Waals surface area contributed by atoms with Crippen LogP contribution in [0, 0.1) is 6.92 Å². The Hall–Kier alpha value is -2.71. The molecule has 146 valence electrons. The van der Waals surface area contributed by atoms with E-state index >= 15 is 0 Å². The van der Waals surface area contributed by atoms with Crippen LogP contribution >= 0.6 is 11.3 Å². The first kappa shape index (κ1) is 18.6. The minimum Gasteiger partial charge on any atom is -0.484 e. The maximum atomic E-state index is 12.6. The number of ether oxygens (including phenoxy) is 1. The van der Waals surface area contributed by atoms with E-state index in [2.05, 4.69) is 21.4 Å². The van der Waals surface area contributed by atoms with Crippen LogP contribution in [0.4, 0.5) is 0 Å². The van der Waals surface area contributed by atoms with Gasteiger partial charge in [0.1, 0.15) is 12.0 Å². The number of rotatable bonds is 6. The van der Waals surface area contributed by atoms with E-state index in [0.29, 0.717) is 30.4 Å². The number of carbonyl (C=O) groups excluding carboxylic acids is 1. The molecule has 1 fully saturated rings. The number of piperazine rings is 1. The predicted molar refractivity (Wildman–Crippen MR) is 108 cm³/mol. The molecule has 0 radical (unpaired) electrons. The Bertz CT molecular complexity index is 988. The summed E-state index contributed by atoms with van der Waals surface area (Å²) in [7, 11) is 0. The lowest BCUT2D eigenvalue weighted by Crippen LogP contribution is -2.48. The molecule has 3 aromatic rings. The van der Waals surface area contributed by atoms with Crippen LogP contribution in [0.1, 0.15) is 21.4 Å². The highest BCUT2D eigenvalue weighted by Crippen LogP contribution is 2.26. The molecule has 1 aliphatic rings. The van der Waals surface area contributed by atoms with E-state index in [9.17, 15) is 4.79 Å². The first-order chi connectivity index (χ1) is 13.6. The lowest BCUT2D eigenvalue weighted by Gasteiger charge is -2.33. The Morgan fingerprint density at radius 3 is 2.93 bits per heavy atom. The molecule has 3 heterocycles. The number of hydrogen-bond donors (Lipinski definition) is 0. The third kappa shape index (κ3) is 4.07. The van der Waals surface area contributed by atoms with Gasteiger partial charge >= 0.3 is 0 Å². The number of thiazole rings is 1. The van der Waals surface area contributed by atoms with Crippen LogP contribution in [0.2, 0.25) is 0 Å². The fraction of sp³-hybridized carbons (Fsp3) is 0.350. The fourth-order valence-electron chi connectivity index (χ4n) is 3.21. The van der Waals surface area contributed by atoms with Gasteiger partial charge in [0.05, 0.1) is 15.2 Å². The summed E-state index contributed by atoms with van der Waals surface area (Å²) in [5.74, 6) is 0.970. The van der Waals surface area contributed by atoms with Gasteiger partial charge in [-0.15, -0.1) is 17.9 Å². The summed E-state index contributed by atoms with van der Waals surface area (Å²) in [6, 6.07) is 5.79. The van der Waals surface area contributed by atoms with E-state index in [1.807, 2.05) is 31.2 Å². The Morgan fingerprint density at radius 1 is 1.32 bits per heavy atom. The van der Waals surface area contributed by atoms with Crippen LogP contribution in [0.15, 0.2) is 41.5 Å². The summed E-state index contributed by atoms with van der Waals surface area (Å²) < 4.78 is 12.3. The van der Waals surface area contributed by atoms with Gasteiger partial charge in [0, 0.05) is 38.8 Å². The Labute approximate surface area is 167 Å². The van der Waals surface area contributed by atoms with Crippen molar-refractivity contribution >= 4 is 27.5 Å². The molecule has 0 atom stereocenters. The average molecular weight is 398 g/mol. The molecule has 0 N–H and O–H groups in total. The highest BCUT2D eigenvalue weighted by Gasteiger charge is 2.24. The van der Waals surface area contributed by atoms with Crippen molar-refractivity contribution in [2.75, 3.05) is 32.7 Å². The largest absolute Gasteiger partial charge is 0.484 e. The van der Waals surface area contributed by atoms with E-state index in [1.165, 1.54) is 6.26 Å². The molecular formula is C20H22N4O3S. The van der Waals surface area contributed by atoms with Gasteiger partial charge in [-0.25, -0.2) is 9.97 Å². The quantitative estimate of drug-likeness (QED) is 0.594. The fourth-order valence-corrected chi connectivity index (χ4v) is 4.02. The van der Waals surface area contributed by atoms with Gasteiger partial charge in [-0.1, -0.05) is 6.08 Å². The molecule has 0 bridgehead atoms. The molecular weight excluding hydrogens is 376 g/mol. The van der Waals surface area contributed by atoms with Crippen LogP contribution in [-0.4, -0.2) is 58.4 Å². The van der Waals surface area contributed by atoms with Crippen molar-refractivity contribution in [3.05, 3.63) is 53.7 Å². The third-order valence-corrected chi connectivity index (χ3v) is 5.60. The van der Waals surface area contributed by atoms with Crippen LogP contribution in [0.5, 0.6) is 5.75 Å². The topological polar surface area (TPSA) is 71.7 Å². The predicted octanol–water partition coefficient (Wildman–Crippen LogP) is 3.12. The average Bonchev–Trinajstić information content (AvgIpc) is 3.32. The van der Waals surface area contributed by atoms with Gasteiger partial charge in [0.15, 0.2) is 12.3 Å². The molecule has 7 nitrogen and oxygen atoms in total. The van der Waals surface area contributed by atoms with Crippen LogP contribution in [0.3, 0.4) is 0 Å². The summed E-state index contributed by atoms with van der Waals surface area (Å²) in [4.78, 5) is 25.4. The first-order valence-corrected chi connectivity index (χ1v) is 10.0. The zero-order valence-corrected chi connectivity index (χ0v) is 16.6. The maximum Gasteiger partial charge on any atom is 0.275 e. The minimum absolute atomic E-state index is 0.104. The van der Waals surface area contributed by atoms with Crippen molar-refractivity contribution in [1.29, 1.82) is 0 Å². The summed E-state index contributed by atoms with van der Waals surface area (Å²) in [6.07, 6.45) is 3.29. The first-order valence-electron chi connectivity index (χ1n) is 9.19. The zero-order valence-electron chi connectivity index (χ0n) is 15.8. The summed E-state index contributed by atoms with van der Waals surface area (Å²) in [5.41, 5.74) is 1.24. The van der Waals surface area contributed by atoms with Crippen molar-refractivity contribution in [3.63, 3.8) is 0 Å². The lowest BCUT2D eigenvalue weighted by molar-refractivity contribution is 0.0644. The van der Waals surface area contributed by atoms with Crippen molar-refractivity contribution in [3.8, 4) is 5.75 Å². The number of nitrogens with zero attached hydrogens (tertiary/aromatic N) is 4. The molecule has 1 amide bonds. The number of amides is 1. The van der Waals surface area contributed by atoms with E-state index in [0.717, 1.165) is 34.9 Å². The molecule has 4 rings (SSSR count). The van der Waals surface area contributed by atoms with Gasteiger partial charge in [0.2, 0.25) is 5.89 Å². The highest BCUT2D eigenvalue weighted by molar-refractivity contribution is 7.18. The third-order valence-electron chi connectivity index (χ3n) is 4.65. The number of aryl methyl sites for hydroxylation is 1. The number of oxazole rings is 1. The Morgan fingerprint density at radius 2 is 2.14 bits per heavy atom. The molecule has 0 aliphatic carbocycles. The second kappa shape index (κ2) is 8.12. The molecule has 0 saturated carbocycles. The standard InChI is InChI=1S/C20H22N4O3S/c1-3-6-23-7-9-24(10-8-23)20(25)17-12-27-19(22-17)13-26-15-4-5-18-16(11-15)21-14(2)28-18/h3-5,11-12H,1,6-10,13H2,2H3. The smallest absolute Gasteiger partial charge is 0.275 e. The van der Waals surface area contributed by atoms with Crippen LogP contribution < -0.4 is 4.74 Å². The molecule has 28 heavy (non-hydrogen) atoms. The molecule has 0 spiro atoms. The van der Waals surface area contributed by atoms with Gasteiger partial charge in [-0.3, -0.25) is 9.69 Å². The maximum absolute atomic E-state index is 12.6. The van der Waals surface area contributed by atoms with Gasteiger partial charge in [-0.05, 0) is 19.1 Å². The monoisotopic (exact) mass is 398 g/mol. The van der Waals surface area contributed by atoms with Crippen molar-refractivity contribution in [2.45, 2.75) is 13.5 Å². The molecule has 0 unspecified atom stereocenters. The van der Waals surface area contributed by atoms with E-state index in [1.54, 1.807) is 16.2 Å². The second-order valence-electron chi connectivity index (χ2n) is 6.66. The van der Waals surface area contributed by atoms with Crippen LogP contribution in [0.25, 0.3) is 10.2 Å². The number of benzene rings is 1. The van der Waals surface area contributed by atoms with E-state index in [-0.39, 0.29) is 12.5 Å². The molecule has 1 aliphatic heterocycles. The summed E-state index contributed by atoms with van der Waals surface area (Å²) in [5, 5.41) is 1.02. The van der Waals surface area contributed by atoms with Crippen LogP contribution in [-0.2, 0) is 6.61 Å². The normalized spacial score (nSPS) is 15.1. The Kier molecular flexibility index (Phi) is 5.40. The van der Waals surface area contributed by atoms with Crippen molar-refractivity contribution in [1.82, 2.24) is 19.8 Å². The molecule has 1 aromatic carbocycles. The number of carbonyl (C=O) groups is 1. The molecule has 2 aromatic heterocycles. The molecule has 8 heteroatoms. The summed E-state index contributed by atoms with van der Waals surface area (Å²) >= 11 is 1.65. The van der Waals surface area contributed by atoms with Crippen molar-refractivity contribution < 1.29 is 13.9 Å². The number of fused-ring (bicyclic) bond motifs is 1. The highest BCUT2D eigenvalue weighted by atomic mass is 32.1. The lowest BCUT2D eigenvalue weighted by atomic mass is 10.3. The SMILES string of the molecule is C=CCN1CCN(C(=O)c2coc(COc3ccc4sc(C)nc4c3)n2)CC1.